The van der Waals surface area contributed by atoms with Crippen LogP contribution in [0, 0.1) is 0 Å². The van der Waals surface area contributed by atoms with Gasteiger partial charge in [0.15, 0.2) is 0 Å². The molecular weight excluding hydrogens is 340 g/mol. The van der Waals surface area contributed by atoms with Gasteiger partial charge < -0.3 is 4.74 Å². The Bertz CT molecular complexity index is 645. The average molecular weight is 351 g/mol. The fourth-order valence-electron chi connectivity index (χ4n) is 1.67. The molecule has 1 heterocycles. The number of hydrogen-bond donors (Lipinski definition) is 2. The zero-order valence-electron chi connectivity index (χ0n) is 10.8. The van der Waals surface area contributed by atoms with Crippen molar-refractivity contribution >= 4 is 39.9 Å². The maximum absolute atomic E-state index is 11.7. The van der Waals surface area contributed by atoms with Gasteiger partial charge in [-0.25, -0.2) is 4.79 Å². The zero-order valence-corrected chi connectivity index (χ0v) is 12.4. The molecule has 0 saturated carbocycles. The predicted molar refractivity (Wildman–Crippen MR) is 79.5 cm³/mol. The molecule has 6 nitrogen and oxygen atoms in total. The van der Waals surface area contributed by atoms with Gasteiger partial charge in [-0.15, -0.1) is 0 Å². The van der Waals surface area contributed by atoms with E-state index in [4.69, 9.17) is 4.74 Å². The first kappa shape index (κ1) is 15.0. The van der Waals surface area contributed by atoms with Crippen LogP contribution in [0.15, 0.2) is 40.9 Å². The van der Waals surface area contributed by atoms with Gasteiger partial charge in [0.05, 0.1) is 0 Å². The van der Waals surface area contributed by atoms with Gasteiger partial charge in [-0.2, -0.15) is 0 Å². The molecule has 1 aliphatic heterocycles. The van der Waals surface area contributed by atoms with E-state index in [-0.39, 0.29) is 12.2 Å². The van der Waals surface area contributed by atoms with Crippen LogP contribution in [0.2, 0.25) is 0 Å². The van der Waals surface area contributed by atoms with Gasteiger partial charge in [-0.3, -0.25) is 20.2 Å². The third kappa shape index (κ3) is 3.57. The number of carbonyl (C=O) groups is 3. The topological polar surface area (TPSA) is 84.5 Å². The molecule has 2 N–H and O–H groups in total. The van der Waals surface area contributed by atoms with Crippen LogP contribution in [-0.4, -0.2) is 24.5 Å². The molecule has 0 bridgehead atoms. The number of benzene rings is 1. The molecule has 1 aromatic rings. The molecule has 0 aliphatic carbocycles. The second kappa shape index (κ2) is 6.36. The molecule has 7 heteroatoms. The normalized spacial score (nSPS) is 14.3. The Morgan fingerprint density at radius 3 is 2.48 bits per heavy atom. The Labute approximate surface area is 129 Å². The third-order valence-electron chi connectivity index (χ3n) is 2.57. The van der Waals surface area contributed by atoms with Crippen LogP contribution in [0.5, 0.6) is 5.75 Å². The van der Waals surface area contributed by atoms with Crippen molar-refractivity contribution in [1.29, 1.82) is 0 Å². The van der Waals surface area contributed by atoms with E-state index in [9.17, 15) is 14.4 Å². The maximum Gasteiger partial charge on any atom is 0.328 e. The second-order valence-electron chi connectivity index (χ2n) is 4.08. The summed E-state index contributed by atoms with van der Waals surface area (Å²) in [6.45, 7) is 3.84. The standard InChI is InChI=1S/C14H11BrN2O4/c1-2-5-21-11-4-3-9(15)6-8(11)7-10-12(18)16-14(20)17-13(10)19/h2-4,6-7H,1,5H2,(H2,16,17,18,19,20). The van der Waals surface area contributed by atoms with E-state index in [1.807, 2.05) is 10.6 Å². The van der Waals surface area contributed by atoms with Crippen LogP contribution >= 0.6 is 15.9 Å². The first-order valence-electron chi connectivity index (χ1n) is 5.93. The van der Waals surface area contributed by atoms with Gasteiger partial charge in [0.1, 0.15) is 17.9 Å². The van der Waals surface area contributed by atoms with Crippen molar-refractivity contribution in [2.45, 2.75) is 0 Å². The molecule has 2 rings (SSSR count). The molecule has 108 valence electrons. The first-order valence-corrected chi connectivity index (χ1v) is 6.72. The molecule has 1 saturated heterocycles. The summed E-state index contributed by atoms with van der Waals surface area (Å²) in [5, 5.41) is 4.02. The van der Waals surface area contributed by atoms with E-state index < -0.39 is 17.8 Å². The number of amides is 4. The minimum Gasteiger partial charge on any atom is -0.489 e. The smallest absolute Gasteiger partial charge is 0.328 e. The summed E-state index contributed by atoms with van der Waals surface area (Å²) in [7, 11) is 0. The number of barbiturate groups is 1. The Balaban J connectivity index is 2.40. The molecule has 0 spiro atoms. The molecule has 1 fully saturated rings. The van der Waals surface area contributed by atoms with Crippen molar-refractivity contribution in [2.24, 2.45) is 0 Å². The summed E-state index contributed by atoms with van der Waals surface area (Å²) in [6, 6.07) is 4.33. The van der Waals surface area contributed by atoms with Gasteiger partial charge in [-0.1, -0.05) is 28.6 Å². The number of rotatable bonds is 4. The molecule has 0 aromatic heterocycles. The minimum atomic E-state index is -0.834. The molecule has 0 unspecified atom stereocenters. The van der Waals surface area contributed by atoms with Gasteiger partial charge in [0.2, 0.25) is 0 Å². The molecule has 0 radical (unpaired) electrons. The summed E-state index contributed by atoms with van der Waals surface area (Å²) < 4.78 is 6.22. The quantitative estimate of drug-likeness (QED) is 0.492. The predicted octanol–water partition coefficient (Wildman–Crippen LogP) is 1.76. The van der Waals surface area contributed by atoms with Crippen LogP contribution in [0.25, 0.3) is 6.08 Å². The van der Waals surface area contributed by atoms with E-state index in [2.05, 4.69) is 22.5 Å². The monoisotopic (exact) mass is 350 g/mol. The highest BCUT2D eigenvalue weighted by atomic mass is 79.9. The highest BCUT2D eigenvalue weighted by molar-refractivity contribution is 9.10. The summed E-state index contributed by atoms with van der Waals surface area (Å²) >= 11 is 3.31. The number of ether oxygens (including phenoxy) is 1. The number of halogens is 1. The Kier molecular flexibility index (Phi) is 4.54. The highest BCUT2D eigenvalue weighted by Crippen LogP contribution is 2.26. The number of imide groups is 2. The van der Waals surface area contributed by atoms with Crippen LogP contribution in [0.3, 0.4) is 0 Å². The van der Waals surface area contributed by atoms with Crippen molar-refractivity contribution in [1.82, 2.24) is 10.6 Å². The molecule has 21 heavy (non-hydrogen) atoms. The van der Waals surface area contributed by atoms with Crippen LogP contribution in [0.1, 0.15) is 5.56 Å². The third-order valence-corrected chi connectivity index (χ3v) is 3.06. The molecule has 1 aliphatic rings. The van der Waals surface area contributed by atoms with Gasteiger partial charge >= 0.3 is 6.03 Å². The second-order valence-corrected chi connectivity index (χ2v) is 4.99. The van der Waals surface area contributed by atoms with Crippen molar-refractivity contribution in [3.05, 3.63) is 46.5 Å². The Morgan fingerprint density at radius 1 is 1.19 bits per heavy atom. The Morgan fingerprint density at radius 2 is 1.86 bits per heavy atom. The lowest BCUT2D eigenvalue weighted by Gasteiger charge is -2.15. The van der Waals surface area contributed by atoms with E-state index in [1.165, 1.54) is 6.08 Å². The van der Waals surface area contributed by atoms with E-state index in [0.717, 1.165) is 4.47 Å². The molecule has 0 atom stereocenters. The average Bonchev–Trinajstić information content (AvgIpc) is 2.42. The van der Waals surface area contributed by atoms with Crippen molar-refractivity contribution in [3.63, 3.8) is 0 Å². The van der Waals surface area contributed by atoms with E-state index in [0.29, 0.717) is 11.3 Å². The zero-order chi connectivity index (χ0) is 15.4. The summed E-state index contributed by atoms with van der Waals surface area (Å²) in [5.74, 6) is -1.01. The summed E-state index contributed by atoms with van der Waals surface area (Å²) in [5.41, 5.74) is 0.358. The number of urea groups is 1. The van der Waals surface area contributed by atoms with Crippen molar-refractivity contribution < 1.29 is 19.1 Å². The van der Waals surface area contributed by atoms with Crippen LogP contribution in [-0.2, 0) is 9.59 Å². The lowest BCUT2D eigenvalue weighted by atomic mass is 10.1. The lowest BCUT2D eigenvalue weighted by molar-refractivity contribution is -0.123. The fourth-order valence-corrected chi connectivity index (χ4v) is 2.05. The largest absolute Gasteiger partial charge is 0.489 e. The number of nitrogens with one attached hydrogen (secondary N) is 2. The van der Waals surface area contributed by atoms with Gasteiger partial charge in [0.25, 0.3) is 11.8 Å². The lowest BCUT2D eigenvalue weighted by Crippen LogP contribution is -2.51. The highest BCUT2D eigenvalue weighted by Gasteiger charge is 2.28. The summed E-state index contributed by atoms with van der Waals surface area (Å²) in [6.07, 6.45) is 2.94. The van der Waals surface area contributed by atoms with Crippen molar-refractivity contribution in [3.8, 4) is 5.75 Å². The Hall–Kier alpha value is -2.41. The fraction of sp³-hybridized carbons (Fsp3) is 0.0714. The van der Waals surface area contributed by atoms with Gasteiger partial charge in [-0.05, 0) is 24.3 Å². The summed E-state index contributed by atoms with van der Waals surface area (Å²) in [4.78, 5) is 34.4. The molecule has 4 amide bonds. The van der Waals surface area contributed by atoms with Crippen LogP contribution in [0.4, 0.5) is 4.79 Å². The molecule has 1 aromatic carbocycles. The number of hydrogen-bond acceptors (Lipinski definition) is 4. The minimum absolute atomic E-state index is 0.170. The van der Waals surface area contributed by atoms with E-state index in [1.54, 1.807) is 24.3 Å². The van der Waals surface area contributed by atoms with Crippen LogP contribution < -0.4 is 15.4 Å². The number of carbonyl (C=O) groups excluding carboxylic acids is 3. The SMILES string of the molecule is C=CCOc1ccc(Br)cc1C=C1C(=O)NC(=O)NC1=O. The first-order chi connectivity index (χ1) is 10.0. The van der Waals surface area contributed by atoms with Gasteiger partial charge in [0, 0.05) is 10.0 Å². The van der Waals surface area contributed by atoms with E-state index >= 15 is 0 Å². The molecular formula is C14H11BrN2O4. The van der Waals surface area contributed by atoms with Crippen molar-refractivity contribution in [2.75, 3.05) is 6.61 Å². The maximum atomic E-state index is 11.7.